The molecule has 0 aromatic heterocycles. The number of hydrogen-bond acceptors (Lipinski definition) is 7. The van der Waals surface area contributed by atoms with Gasteiger partial charge >= 0.3 is 5.97 Å². The van der Waals surface area contributed by atoms with E-state index in [2.05, 4.69) is 12.2 Å². The lowest BCUT2D eigenvalue weighted by molar-refractivity contribution is -0.384. The normalized spacial score (nSPS) is 18.7. The number of nitro groups is 1. The molecular weight excluding hydrogens is 378 g/mol. The second kappa shape index (κ2) is 10.8. The van der Waals surface area contributed by atoms with Gasteiger partial charge in [0.2, 0.25) is 0 Å². The van der Waals surface area contributed by atoms with Crippen LogP contribution in [-0.4, -0.2) is 61.7 Å². The number of benzene rings is 1. The zero-order valence-electron chi connectivity index (χ0n) is 17.2. The predicted octanol–water partition coefficient (Wildman–Crippen LogP) is 2.85. The summed E-state index contributed by atoms with van der Waals surface area (Å²) in [5.41, 5.74) is 0.0668. The van der Waals surface area contributed by atoms with Gasteiger partial charge in [0.1, 0.15) is 5.69 Å². The number of carbonyl (C=O) groups is 2. The predicted molar refractivity (Wildman–Crippen MR) is 108 cm³/mol. The zero-order chi connectivity index (χ0) is 21.4. The van der Waals surface area contributed by atoms with Crippen LogP contribution in [-0.2, 0) is 14.3 Å². The summed E-state index contributed by atoms with van der Waals surface area (Å²) >= 11 is 0. The van der Waals surface area contributed by atoms with Crippen molar-refractivity contribution < 1.29 is 24.0 Å². The first kappa shape index (κ1) is 22.6. The van der Waals surface area contributed by atoms with Crippen LogP contribution in [0, 0.1) is 16.0 Å². The Hall–Kier alpha value is -2.68. The molecule has 1 fully saturated rings. The highest BCUT2D eigenvalue weighted by Gasteiger charge is 2.26. The van der Waals surface area contributed by atoms with Crippen LogP contribution in [0.4, 0.5) is 11.4 Å². The van der Waals surface area contributed by atoms with E-state index in [1.54, 1.807) is 11.9 Å². The Morgan fingerprint density at radius 1 is 1.28 bits per heavy atom. The van der Waals surface area contributed by atoms with Crippen LogP contribution >= 0.6 is 0 Å². The van der Waals surface area contributed by atoms with Crippen LogP contribution < -0.4 is 5.32 Å². The van der Waals surface area contributed by atoms with E-state index in [-0.39, 0.29) is 35.5 Å². The monoisotopic (exact) mass is 407 g/mol. The fourth-order valence-corrected chi connectivity index (χ4v) is 3.39. The third-order valence-corrected chi connectivity index (χ3v) is 5.31. The van der Waals surface area contributed by atoms with E-state index in [1.165, 1.54) is 19.2 Å². The van der Waals surface area contributed by atoms with Crippen molar-refractivity contribution in [3.05, 3.63) is 33.9 Å². The van der Waals surface area contributed by atoms with Crippen LogP contribution in [0.2, 0.25) is 0 Å². The zero-order valence-corrected chi connectivity index (χ0v) is 17.2. The number of nitrogens with zero attached hydrogens (tertiary/aromatic N) is 2. The van der Waals surface area contributed by atoms with Gasteiger partial charge in [-0.15, -0.1) is 0 Å². The van der Waals surface area contributed by atoms with Gasteiger partial charge in [-0.25, -0.2) is 4.79 Å². The molecule has 9 nitrogen and oxygen atoms in total. The maximum absolute atomic E-state index is 12.4. The summed E-state index contributed by atoms with van der Waals surface area (Å²) in [5.74, 6) is -0.365. The number of esters is 1. The maximum atomic E-state index is 12.4. The highest BCUT2D eigenvalue weighted by Crippen LogP contribution is 2.27. The Morgan fingerprint density at radius 3 is 2.59 bits per heavy atom. The minimum atomic E-state index is -0.768. The molecule has 1 aliphatic rings. The Morgan fingerprint density at radius 2 is 1.97 bits per heavy atom. The number of nitro benzene ring substituents is 1. The molecule has 0 saturated heterocycles. The summed E-state index contributed by atoms with van der Waals surface area (Å²) in [6.45, 7) is 2.60. The van der Waals surface area contributed by atoms with E-state index in [9.17, 15) is 19.7 Å². The van der Waals surface area contributed by atoms with Gasteiger partial charge in [-0.1, -0.05) is 6.92 Å². The number of rotatable bonds is 9. The topological polar surface area (TPSA) is 111 Å². The van der Waals surface area contributed by atoms with Crippen molar-refractivity contribution in [2.24, 2.45) is 5.92 Å². The second-order valence-corrected chi connectivity index (χ2v) is 7.40. The molecule has 1 saturated carbocycles. The molecule has 1 amide bonds. The molecule has 29 heavy (non-hydrogen) atoms. The maximum Gasteiger partial charge on any atom is 0.338 e. The number of nitrogens with one attached hydrogen (secondary N) is 1. The molecule has 1 aromatic carbocycles. The highest BCUT2D eigenvalue weighted by molar-refractivity contribution is 5.93. The van der Waals surface area contributed by atoms with Crippen LogP contribution in [0.5, 0.6) is 0 Å². The average Bonchev–Trinajstić information content (AvgIpc) is 2.72. The molecule has 1 aliphatic carbocycles. The van der Waals surface area contributed by atoms with E-state index in [4.69, 9.17) is 9.47 Å². The summed E-state index contributed by atoms with van der Waals surface area (Å²) in [6, 6.07) is 4.19. The molecule has 160 valence electrons. The molecular formula is C20H29N3O6. The summed E-state index contributed by atoms with van der Waals surface area (Å²) < 4.78 is 10.0. The van der Waals surface area contributed by atoms with Crippen molar-refractivity contribution in [2.45, 2.75) is 38.6 Å². The fraction of sp³-hybridized carbons (Fsp3) is 0.600. The standard InChI is InChI=1S/C20H29N3O6/c1-14-4-7-16(8-5-14)22(2)19(24)13-29-20(25)15-6-9-17(21-10-11-28-3)18(12-15)23(26)27/h6,9,12,14,16,21H,4-5,7-8,10-11,13H2,1-3H3. The van der Waals surface area contributed by atoms with Gasteiger partial charge < -0.3 is 19.7 Å². The van der Waals surface area contributed by atoms with Crippen molar-refractivity contribution in [1.82, 2.24) is 4.90 Å². The van der Waals surface area contributed by atoms with Gasteiger partial charge in [-0.2, -0.15) is 0 Å². The Labute approximate surface area is 170 Å². The molecule has 0 bridgehead atoms. The van der Waals surface area contributed by atoms with Gasteiger partial charge in [0.25, 0.3) is 11.6 Å². The molecule has 0 heterocycles. The molecule has 0 unspecified atom stereocenters. The van der Waals surface area contributed by atoms with E-state index in [0.717, 1.165) is 31.7 Å². The van der Waals surface area contributed by atoms with Gasteiger partial charge in [-0.3, -0.25) is 14.9 Å². The Bertz CT molecular complexity index is 731. The molecule has 0 atom stereocenters. The van der Waals surface area contributed by atoms with Crippen LogP contribution in [0.25, 0.3) is 0 Å². The van der Waals surface area contributed by atoms with Crippen molar-refractivity contribution in [2.75, 3.05) is 39.2 Å². The van der Waals surface area contributed by atoms with Crippen LogP contribution in [0.15, 0.2) is 18.2 Å². The number of anilines is 1. The Balaban J connectivity index is 1.94. The summed E-state index contributed by atoms with van der Waals surface area (Å²) in [7, 11) is 3.25. The van der Waals surface area contributed by atoms with Crippen molar-refractivity contribution in [3.63, 3.8) is 0 Å². The third-order valence-electron chi connectivity index (χ3n) is 5.31. The first-order valence-electron chi connectivity index (χ1n) is 9.77. The molecule has 9 heteroatoms. The number of likely N-dealkylation sites (N-methyl/N-ethyl adjacent to an activating group) is 1. The first-order chi connectivity index (χ1) is 13.8. The second-order valence-electron chi connectivity index (χ2n) is 7.40. The van der Waals surface area contributed by atoms with E-state index in [1.807, 2.05) is 0 Å². The van der Waals surface area contributed by atoms with Gasteiger partial charge in [0.05, 0.1) is 17.1 Å². The summed E-state index contributed by atoms with van der Waals surface area (Å²) in [6.07, 6.45) is 4.05. The quantitative estimate of drug-likeness (QED) is 0.290. The Kier molecular flexibility index (Phi) is 8.38. The fourth-order valence-electron chi connectivity index (χ4n) is 3.39. The lowest BCUT2D eigenvalue weighted by Crippen LogP contribution is -2.41. The van der Waals surface area contributed by atoms with E-state index < -0.39 is 10.9 Å². The van der Waals surface area contributed by atoms with Crippen molar-refractivity contribution >= 4 is 23.3 Å². The van der Waals surface area contributed by atoms with E-state index in [0.29, 0.717) is 19.1 Å². The number of carbonyl (C=O) groups excluding carboxylic acids is 2. The van der Waals surface area contributed by atoms with Crippen LogP contribution in [0.1, 0.15) is 43.0 Å². The van der Waals surface area contributed by atoms with Gasteiger partial charge in [-0.05, 0) is 43.7 Å². The minimum absolute atomic E-state index is 0.0240. The molecule has 1 aromatic rings. The number of ether oxygens (including phenoxy) is 2. The number of hydrogen-bond donors (Lipinski definition) is 1. The molecule has 0 aliphatic heterocycles. The lowest BCUT2D eigenvalue weighted by Gasteiger charge is -2.33. The number of methoxy groups -OCH3 is 1. The van der Waals surface area contributed by atoms with Gasteiger partial charge in [0.15, 0.2) is 6.61 Å². The van der Waals surface area contributed by atoms with E-state index >= 15 is 0 Å². The summed E-state index contributed by atoms with van der Waals surface area (Å²) in [5, 5.41) is 14.2. The SMILES string of the molecule is COCCNc1ccc(C(=O)OCC(=O)N(C)C2CCC(C)CC2)cc1[N+](=O)[O-]. The third kappa shape index (κ3) is 6.42. The minimum Gasteiger partial charge on any atom is -0.452 e. The molecule has 1 N–H and O–H groups in total. The van der Waals surface area contributed by atoms with Crippen molar-refractivity contribution in [1.29, 1.82) is 0 Å². The largest absolute Gasteiger partial charge is 0.452 e. The van der Waals surface area contributed by atoms with Crippen LogP contribution in [0.3, 0.4) is 0 Å². The first-order valence-corrected chi connectivity index (χ1v) is 9.77. The highest BCUT2D eigenvalue weighted by atomic mass is 16.6. The number of amides is 1. The average molecular weight is 407 g/mol. The molecule has 0 radical (unpaired) electrons. The smallest absolute Gasteiger partial charge is 0.338 e. The molecule has 2 rings (SSSR count). The lowest BCUT2D eigenvalue weighted by atomic mass is 9.87. The van der Waals surface area contributed by atoms with Gasteiger partial charge in [0, 0.05) is 32.8 Å². The summed E-state index contributed by atoms with van der Waals surface area (Å²) in [4.78, 5) is 37.0. The van der Waals surface area contributed by atoms with Crippen molar-refractivity contribution in [3.8, 4) is 0 Å². The molecule has 0 spiro atoms.